The van der Waals surface area contributed by atoms with E-state index in [1.807, 2.05) is 61.5 Å². The van der Waals surface area contributed by atoms with Gasteiger partial charge in [0.2, 0.25) is 5.91 Å². The highest BCUT2D eigenvalue weighted by molar-refractivity contribution is 9.10. The van der Waals surface area contributed by atoms with Crippen LogP contribution >= 0.6 is 15.9 Å². The largest absolute Gasteiger partial charge is 0.494 e. The number of anilines is 1. The number of para-hydroxylation sites is 1. The second-order valence-corrected chi connectivity index (χ2v) is 7.31. The van der Waals surface area contributed by atoms with Gasteiger partial charge in [-0.05, 0) is 49.7 Å². The lowest BCUT2D eigenvalue weighted by Gasteiger charge is -2.07. The van der Waals surface area contributed by atoms with Crippen LogP contribution in [-0.4, -0.2) is 21.9 Å². The number of amides is 1. The maximum Gasteiger partial charge on any atom is 0.295 e. The Morgan fingerprint density at radius 3 is 2.46 bits per heavy atom. The van der Waals surface area contributed by atoms with Gasteiger partial charge < -0.3 is 10.1 Å². The second-order valence-electron chi connectivity index (χ2n) is 6.39. The first-order valence-electron chi connectivity index (χ1n) is 8.99. The smallest absolute Gasteiger partial charge is 0.295 e. The molecule has 3 rings (SSSR count). The Kier molecular flexibility index (Phi) is 6.36. The van der Waals surface area contributed by atoms with Gasteiger partial charge in [-0.1, -0.05) is 34.1 Å². The van der Waals surface area contributed by atoms with Gasteiger partial charge in [-0.3, -0.25) is 14.3 Å². The summed E-state index contributed by atoms with van der Waals surface area (Å²) in [5, 5.41) is 2.76. The molecule has 6 nitrogen and oxygen atoms in total. The van der Waals surface area contributed by atoms with E-state index in [-0.39, 0.29) is 17.9 Å². The zero-order valence-corrected chi connectivity index (χ0v) is 17.4. The molecule has 0 aliphatic heterocycles. The van der Waals surface area contributed by atoms with E-state index in [0.717, 1.165) is 15.9 Å². The quantitative estimate of drug-likeness (QED) is 0.560. The molecule has 1 amide bonds. The summed E-state index contributed by atoms with van der Waals surface area (Å²) in [6.45, 7) is 2.24. The Balaban J connectivity index is 1.60. The summed E-state index contributed by atoms with van der Waals surface area (Å²) in [4.78, 5) is 25.1. The number of nitrogens with one attached hydrogen (secondary N) is 1. The van der Waals surface area contributed by atoms with Crippen LogP contribution in [0.4, 0.5) is 5.69 Å². The van der Waals surface area contributed by atoms with E-state index >= 15 is 0 Å². The van der Waals surface area contributed by atoms with Gasteiger partial charge in [0, 0.05) is 17.9 Å². The topological polar surface area (TPSA) is 65.3 Å². The molecule has 0 aliphatic carbocycles. The molecule has 0 atom stereocenters. The van der Waals surface area contributed by atoms with Crippen LogP contribution < -0.4 is 15.6 Å². The van der Waals surface area contributed by atoms with Gasteiger partial charge in [-0.2, -0.15) is 0 Å². The first-order chi connectivity index (χ1) is 13.5. The van der Waals surface area contributed by atoms with Crippen molar-refractivity contribution in [3.8, 4) is 11.4 Å². The van der Waals surface area contributed by atoms with Crippen LogP contribution in [0.15, 0.2) is 63.9 Å². The minimum Gasteiger partial charge on any atom is -0.494 e. The molecule has 7 heteroatoms. The van der Waals surface area contributed by atoms with Crippen LogP contribution in [0.25, 0.3) is 5.69 Å². The number of hydrogen-bond donors (Lipinski definition) is 1. The summed E-state index contributed by atoms with van der Waals surface area (Å²) >= 11 is 3.37. The maximum absolute atomic E-state index is 12.8. The highest BCUT2D eigenvalue weighted by Gasteiger charge is 2.17. The average Bonchev–Trinajstić information content (AvgIpc) is 2.90. The van der Waals surface area contributed by atoms with Gasteiger partial charge in [-0.25, -0.2) is 4.68 Å². The van der Waals surface area contributed by atoms with Gasteiger partial charge in [0.05, 0.1) is 18.0 Å². The number of rotatable bonds is 7. The van der Waals surface area contributed by atoms with Crippen LogP contribution in [0.1, 0.15) is 18.5 Å². The molecule has 28 heavy (non-hydrogen) atoms. The predicted octanol–water partition coefficient (Wildman–Crippen LogP) is 4.04. The first kappa shape index (κ1) is 19.9. The zero-order valence-electron chi connectivity index (χ0n) is 15.8. The van der Waals surface area contributed by atoms with Crippen LogP contribution in [0.3, 0.4) is 0 Å². The number of carbonyl (C=O) groups excluding carboxylic acids is 1. The monoisotopic (exact) mass is 443 g/mol. The van der Waals surface area contributed by atoms with Gasteiger partial charge >= 0.3 is 0 Å². The molecule has 1 N–H and O–H groups in total. The fourth-order valence-electron chi connectivity index (χ4n) is 2.87. The summed E-state index contributed by atoms with van der Waals surface area (Å²) < 4.78 is 9.89. The number of carbonyl (C=O) groups is 1. The standard InChI is InChI=1S/C21H22BrN3O3/c1-15-20(21(27)25(24(15)2)17-7-4-3-5-8-17)23-19(26)9-6-14-28-18-12-10-16(22)11-13-18/h3-5,7-8,10-13H,6,9,14H2,1-2H3,(H,23,26). The molecule has 0 radical (unpaired) electrons. The van der Waals surface area contributed by atoms with Crippen LogP contribution in [-0.2, 0) is 11.8 Å². The normalized spacial score (nSPS) is 10.7. The van der Waals surface area contributed by atoms with E-state index in [2.05, 4.69) is 21.2 Å². The predicted molar refractivity (Wildman–Crippen MR) is 113 cm³/mol. The molecule has 0 bridgehead atoms. The lowest BCUT2D eigenvalue weighted by molar-refractivity contribution is -0.116. The first-order valence-corrected chi connectivity index (χ1v) is 9.79. The molecule has 1 aromatic heterocycles. The number of halogens is 1. The van der Waals surface area contributed by atoms with Gasteiger partial charge in [0.25, 0.3) is 5.56 Å². The van der Waals surface area contributed by atoms with Gasteiger partial charge in [0.15, 0.2) is 0 Å². The zero-order chi connectivity index (χ0) is 20.1. The van der Waals surface area contributed by atoms with Crippen molar-refractivity contribution in [1.82, 2.24) is 9.36 Å². The van der Waals surface area contributed by atoms with Gasteiger partial charge in [0.1, 0.15) is 11.4 Å². The van der Waals surface area contributed by atoms with Crippen LogP contribution in [0, 0.1) is 6.92 Å². The number of ether oxygens (including phenoxy) is 1. The molecular formula is C21H22BrN3O3. The molecule has 0 unspecified atom stereocenters. The fourth-order valence-corrected chi connectivity index (χ4v) is 3.13. The number of nitrogens with zero attached hydrogens (tertiary/aromatic N) is 2. The Hall–Kier alpha value is -2.80. The molecule has 0 saturated heterocycles. The molecule has 3 aromatic rings. The molecule has 0 aliphatic rings. The minimum atomic E-state index is -0.245. The third-order valence-electron chi connectivity index (χ3n) is 4.45. The molecule has 0 fully saturated rings. The molecule has 2 aromatic carbocycles. The SMILES string of the molecule is Cc1c(NC(=O)CCCOc2ccc(Br)cc2)c(=O)n(-c2ccccc2)n1C. The Labute approximate surface area is 171 Å². The van der Waals surface area contributed by atoms with E-state index in [4.69, 9.17) is 4.74 Å². The number of benzene rings is 2. The molecule has 0 spiro atoms. The van der Waals surface area contributed by atoms with Crippen molar-refractivity contribution in [3.05, 3.63) is 75.1 Å². The van der Waals surface area contributed by atoms with E-state index in [0.29, 0.717) is 24.4 Å². The fraction of sp³-hybridized carbons (Fsp3) is 0.238. The summed E-state index contributed by atoms with van der Waals surface area (Å²) in [6, 6.07) is 16.9. The van der Waals surface area contributed by atoms with Crippen molar-refractivity contribution in [2.75, 3.05) is 11.9 Å². The number of aromatic nitrogens is 2. The molecule has 1 heterocycles. The molecular weight excluding hydrogens is 422 g/mol. The van der Waals surface area contributed by atoms with Crippen molar-refractivity contribution in [2.24, 2.45) is 7.05 Å². The third kappa shape index (κ3) is 4.54. The summed E-state index contributed by atoms with van der Waals surface area (Å²) in [7, 11) is 1.80. The van der Waals surface area contributed by atoms with E-state index in [1.54, 1.807) is 16.4 Å². The summed E-state index contributed by atoms with van der Waals surface area (Å²) in [6.07, 6.45) is 0.830. The van der Waals surface area contributed by atoms with E-state index in [1.165, 1.54) is 0 Å². The molecule has 146 valence electrons. The van der Waals surface area contributed by atoms with Crippen molar-refractivity contribution in [1.29, 1.82) is 0 Å². The van der Waals surface area contributed by atoms with Crippen molar-refractivity contribution in [2.45, 2.75) is 19.8 Å². The average molecular weight is 444 g/mol. The van der Waals surface area contributed by atoms with Crippen LogP contribution in [0.2, 0.25) is 0 Å². The van der Waals surface area contributed by atoms with E-state index < -0.39 is 0 Å². The highest BCUT2D eigenvalue weighted by Crippen LogP contribution is 2.17. The summed E-state index contributed by atoms with van der Waals surface area (Å²) in [5.74, 6) is 0.554. The maximum atomic E-state index is 12.8. The number of hydrogen-bond acceptors (Lipinski definition) is 3. The van der Waals surface area contributed by atoms with Gasteiger partial charge in [-0.15, -0.1) is 0 Å². The van der Waals surface area contributed by atoms with Crippen molar-refractivity contribution < 1.29 is 9.53 Å². The Morgan fingerprint density at radius 1 is 1.11 bits per heavy atom. The third-order valence-corrected chi connectivity index (χ3v) is 4.98. The molecule has 0 saturated carbocycles. The summed E-state index contributed by atoms with van der Waals surface area (Å²) in [5.41, 5.74) is 1.52. The van der Waals surface area contributed by atoms with E-state index in [9.17, 15) is 9.59 Å². The Morgan fingerprint density at radius 2 is 1.79 bits per heavy atom. The van der Waals surface area contributed by atoms with Crippen LogP contribution in [0.5, 0.6) is 5.75 Å². The van der Waals surface area contributed by atoms with Crippen molar-refractivity contribution >= 4 is 27.5 Å². The van der Waals surface area contributed by atoms with Crippen molar-refractivity contribution in [3.63, 3.8) is 0 Å². The minimum absolute atomic E-state index is 0.203. The highest BCUT2D eigenvalue weighted by atomic mass is 79.9. The Bertz CT molecular complexity index is 1010. The lowest BCUT2D eigenvalue weighted by atomic mass is 10.3. The lowest BCUT2D eigenvalue weighted by Crippen LogP contribution is -2.23. The second kappa shape index (κ2) is 8.93.